The summed E-state index contributed by atoms with van der Waals surface area (Å²) in [6.45, 7) is 1.37. The van der Waals surface area contributed by atoms with E-state index in [-0.39, 0.29) is 36.5 Å². The smallest absolute Gasteiger partial charge is 0.261 e. The van der Waals surface area contributed by atoms with Gasteiger partial charge in [0, 0.05) is 6.54 Å². The van der Waals surface area contributed by atoms with Gasteiger partial charge in [0.2, 0.25) is 10.0 Å². The number of nitrogens with zero attached hydrogens (tertiary/aromatic N) is 1. The van der Waals surface area contributed by atoms with Crippen LogP contribution in [0.15, 0.2) is 41.3 Å². The SMILES string of the molecule is CCc1cc(COc2ccc(S(=O)(=O)N3C[C@H](O)CC[C@@H]3C(=O)NO)cc2)cc(F)c1F. The number of carbonyl (C=O) groups is 1. The number of amides is 1. The lowest BCUT2D eigenvalue weighted by Crippen LogP contribution is -2.54. The molecule has 2 atom stereocenters. The van der Waals surface area contributed by atoms with E-state index in [2.05, 4.69) is 0 Å². The minimum absolute atomic E-state index is 0.0483. The summed E-state index contributed by atoms with van der Waals surface area (Å²) in [6, 6.07) is 6.76. The zero-order valence-corrected chi connectivity index (χ0v) is 18.1. The van der Waals surface area contributed by atoms with Gasteiger partial charge in [0.05, 0.1) is 11.0 Å². The summed E-state index contributed by atoms with van der Waals surface area (Å²) in [7, 11) is -4.15. The number of hydrogen-bond acceptors (Lipinski definition) is 6. The highest BCUT2D eigenvalue weighted by Gasteiger charge is 2.40. The van der Waals surface area contributed by atoms with Crippen molar-refractivity contribution >= 4 is 15.9 Å². The number of aliphatic hydroxyl groups is 1. The third kappa shape index (κ3) is 5.07. The number of halogens is 2. The second kappa shape index (κ2) is 9.90. The first kappa shape index (κ1) is 24.1. The van der Waals surface area contributed by atoms with Crippen molar-refractivity contribution in [2.75, 3.05) is 6.54 Å². The molecule has 0 aromatic heterocycles. The number of hydroxylamine groups is 1. The number of aryl methyl sites for hydroxylation is 1. The van der Waals surface area contributed by atoms with Gasteiger partial charge in [0.1, 0.15) is 18.4 Å². The highest BCUT2D eigenvalue weighted by atomic mass is 32.2. The van der Waals surface area contributed by atoms with Crippen molar-refractivity contribution in [1.29, 1.82) is 0 Å². The van der Waals surface area contributed by atoms with Gasteiger partial charge in [-0.3, -0.25) is 10.0 Å². The lowest BCUT2D eigenvalue weighted by atomic mass is 10.0. The van der Waals surface area contributed by atoms with Crippen molar-refractivity contribution < 1.29 is 37.0 Å². The van der Waals surface area contributed by atoms with Crippen LogP contribution in [-0.4, -0.2) is 47.6 Å². The molecule has 11 heteroatoms. The Hall–Kier alpha value is -2.60. The summed E-state index contributed by atoms with van der Waals surface area (Å²) in [6.07, 6.45) is -0.328. The number of sulfonamides is 1. The molecule has 1 saturated heterocycles. The molecular formula is C21H24F2N2O6S. The number of ether oxygens (including phenoxy) is 1. The summed E-state index contributed by atoms with van der Waals surface area (Å²) < 4.78 is 59.8. The molecule has 0 saturated carbocycles. The number of nitrogens with one attached hydrogen (secondary N) is 1. The summed E-state index contributed by atoms with van der Waals surface area (Å²) in [4.78, 5) is 11.8. The van der Waals surface area contributed by atoms with Crippen LogP contribution in [0.25, 0.3) is 0 Å². The van der Waals surface area contributed by atoms with Crippen LogP contribution in [0.1, 0.15) is 30.9 Å². The van der Waals surface area contributed by atoms with Gasteiger partial charge in [-0.05, 0) is 66.8 Å². The van der Waals surface area contributed by atoms with Gasteiger partial charge in [0.25, 0.3) is 5.91 Å². The van der Waals surface area contributed by atoms with Crippen molar-refractivity contribution in [1.82, 2.24) is 9.79 Å². The van der Waals surface area contributed by atoms with E-state index in [1.165, 1.54) is 35.8 Å². The van der Waals surface area contributed by atoms with Crippen LogP contribution in [0.4, 0.5) is 8.78 Å². The Morgan fingerprint density at radius 3 is 2.53 bits per heavy atom. The van der Waals surface area contributed by atoms with E-state index in [4.69, 9.17) is 9.94 Å². The molecule has 1 aliphatic rings. The van der Waals surface area contributed by atoms with Crippen LogP contribution in [0.5, 0.6) is 5.75 Å². The summed E-state index contributed by atoms with van der Waals surface area (Å²) >= 11 is 0. The Morgan fingerprint density at radius 1 is 1.22 bits per heavy atom. The number of β-amino-alcohol motifs (C(OH)–C–C–N with tert-alkyl or cyclic N) is 1. The molecule has 1 fully saturated rings. The number of aliphatic hydroxyl groups excluding tert-OH is 1. The Bertz CT molecular complexity index is 1080. The average Bonchev–Trinajstić information content (AvgIpc) is 2.79. The fraction of sp³-hybridized carbons (Fsp3) is 0.381. The Labute approximate surface area is 184 Å². The number of benzene rings is 2. The van der Waals surface area contributed by atoms with E-state index in [1.54, 1.807) is 6.92 Å². The molecule has 0 radical (unpaired) electrons. The first-order valence-electron chi connectivity index (χ1n) is 10.0. The molecule has 3 rings (SSSR count). The molecule has 8 nitrogen and oxygen atoms in total. The highest BCUT2D eigenvalue weighted by Crippen LogP contribution is 2.27. The van der Waals surface area contributed by atoms with E-state index in [0.29, 0.717) is 17.7 Å². The predicted molar refractivity (Wildman–Crippen MR) is 109 cm³/mol. The van der Waals surface area contributed by atoms with Crippen molar-refractivity contribution in [2.45, 2.75) is 49.8 Å². The molecule has 0 bridgehead atoms. The zero-order chi connectivity index (χ0) is 23.5. The number of carbonyl (C=O) groups excluding carboxylic acids is 1. The Balaban J connectivity index is 1.75. The van der Waals surface area contributed by atoms with Crippen LogP contribution in [0, 0.1) is 11.6 Å². The standard InChI is InChI=1S/C21H24F2N2O6S/c1-2-14-9-13(10-18(22)20(14)23)12-31-16-4-6-17(7-5-16)32(29,30)25-11-15(26)3-8-19(25)21(27)24-28/h4-7,9-10,15,19,26,28H,2-3,8,11-12H2,1H3,(H,24,27)/t15-,19-/m1/s1. The van der Waals surface area contributed by atoms with Crippen LogP contribution in [-0.2, 0) is 27.8 Å². The van der Waals surface area contributed by atoms with E-state index < -0.39 is 39.7 Å². The molecule has 0 aliphatic carbocycles. The maximum atomic E-state index is 13.7. The Kier molecular flexibility index (Phi) is 7.44. The molecule has 1 amide bonds. The van der Waals surface area contributed by atoms with Gasteiger partial charge in [-0.2, -0.15) is 4.31 Å². The van der Waals surface area contributed by atoms with Crippen LogP contribution in [0.3, 0.4) is 0 Å². The molecule has 1 heterocycles. The first-order valence-corrected chi connectivity index (χ1v) is 11.4. The quantitative estimate of drug-likeness (QED) is 0.422. The fourth-order valence-electron chi connectivity index (χ4n) is 3.58. The second-order valence-electron chi connectivity index (χ2n) is 7.46. The van der Waals surface area contributed by atoms with Gasteiger partial charge >= 0.3 is 0 Å². The van der Waals surface area contributed by atoms with Crippen LogP contribution in [0.2, 0.25) is 0 Å². The van der Waals surface area contributed by atoms with Gasteiger partial charge < -0.3 is 9.84 Å². The van der Waals surface area contributed by atoms with Gasteiger partial charge in [0.15, 0.2) is 11.6 Å². The monoisotopic (exact) mass is 470 g/mol. The topological polar surface area (TPSA) is 116 Å². The molecule has 32 heavy (non-hydrogen) atoms. The predicted octanol–water partition coefficient (Wildman–Crippen LogP) is 2.13. The van der Waals surface area contributed by atoms with Gasteiger partial charge in [-0.15, -0.1) is 0 Å². The van der Waals surface area contributed by atoms with Crippen molar-refractivity contribution in [3.05, 3.63) is 59.2 Å². The zero-order valence-electron chi connectivity index (χ0n) is 17.3. The molecular weight excluding hydrogens is 446 g/mol. The summed E-state index contributed by atoms with van der Waals surface area (Å²) in [5.74, 6) is -2.43. The molecule has 2 aromatic carbocycles. The van der Waals surface area contributed by atoms with Crippen molar-refractivity contribution in [3.8, 4) is 5.75 Å². The fourth-order valence-corrected chi connectivity index (χ4v) is 5.24. The minimum atomic E-state index is -4.15. The van der Waals surface area contributed by atoms with E-state index >= 15 is 0 Å². The van der Waals surface area contributed by atoms with Crippen molar-refractivity contribution in [2.24, 2.45) is 0 Å². The third-order valence-corrected chi connectivity index (χ3v) is 7.19. The molecule has 0 spiro atoms. The maximum Gasteiger partial charge on any atom is 0.261 e. The molecule has 174 valence electrons. The van der Waals surface area contributed by atoms with E-state index in [1.807, 2.05) is 0 Å². The number of hydrogen-bond donors (Lipinski definition) is 3. The maximum absolute atomic E-state index is 13.7. The normalized spacial score (nSPS) is 19.5. The van der Waals surface area contributed by atoms with Crippen LogP contribution < -0.4 is 10.2 Å². The lowest BCUT2D eigenvalue weighted by Gasteiger charge is -2.35. The molecule has 0 unspecified atom stereocenters. The van der Waals surface area contributed by atoms with E-state index in [0.717, 1.165) is 10.4 Å². The Morgan fingerprint density at radius 2 is 1.91 bits per heavy atom. The minimum Gasteiger partial charge on any atom is -0.489 e. The van der Waals surface area contributed by atoms with E-state index in [9.17, 15) is 27.1 Å². The van der Waals surface area contributed by atoms with Gasteiger partial charge in [-0.25, -0.2) is 22.7 Å². The molecule has 1 aliphatic heterocycles. The third-order valence-electron chi connectivity index (χ3n) is 5.30. The van der Waals surface area contributed by atoms with Crippen molar-refractivity contribution in [3.63, 3.8) is 0 Å². The molecule has 3 N–H and O–H groups in total. The van der Waals surface area contributed by atoms with Crippen LogP contribution >= 0.6 is 0 Å². The molecule has 2 aromatic rings. The second-order valence-corrected chi connectivity index (χ2v) is 9.35. The summed E-state index contributed by atoms with van der Waals surface area (Å²) in [5.41, 5.74) is 2.12. The first-order chi connectivity index (χ1) is 15.2. The average molecular weight is 470 g/mol. The largest absolute Gasteiger partial charge is 0.489 e. The number of piperidine rings is 1. The highest BCUT2D eigenvalue weighted by molar-refractivity contribution is 7.89. The number of rotatable bonds is 7. The lowest BCUT2D eigenvalue weighted by molar-refractivity contribution is -0.135. The van der Waals surface area contributed by atoms with Gasteiger partial charge in [-0.1, -0.05) is 6.92 Å². The summed E-state index contributed by atoms with van der Waals surface area (Å²) in [5, 5.41) is 18.8.